The number of aromatic nitrogens is 3. The highest BCUT2D eigenvalue weighted by Crippen LogP contribution is 2.28. The van der Waals surface area contributed by atoms with Gasteiger partial charge in [-0.25, -0.2) is 4.39 Å². The molecule has 0 amide bonds. The summed E-state index contributed by atoms with van der Waals surface area (Å²) < 4.78 is 15.8. The maximum absolute atomic E-state index is 13.5. The number of halogens is 2. The first kappa shape index (κ1) is 9.33. The topological polar surface area (TPSA) is 30.7 Å². The summed E-state index contributed by atoms with van der Waals surface area (Å²) in [6.07, 6.45) is 1.54. The first-order valence-electron chi connectivity index (χ1n) is 3.98. The van der Waals surface area contributed by atoms with E-state index in [9.17, 15) is 4.39 Å². The Kier molecular flexibility index (Phi) is 2.33. The Morgan fingerprint density at radius 3 is 2.79 bits per heavy atom. The van der Waals surface area contributed by atoms with E-state index >= 15 is 0 Å². The molecular weight excluding hydrogens is 249 g/mol. The van der Waals surface area contributed by atoms with Gasteiger partial charge in [-0.1, -0.05) is 6.07 Å². The van der Waals surface area contributed by atoms with Crippen molar-refractivity contribution in [1.29, 1.82) is 0 Å². The molecule has 1 aromatic carbocycles. The van der Waals surface area contributed by atoms with Crippen LogP contribution in [-0.2, 0) is 7.05 Å². The van der Waals surface area contributed by atoms with Crippen LogP contribution in [0.1, 0.15) is 0 Å². The molecule has 0 aliphatic carbocycles. The molecular formula is C9H7BrFN3. The summed E-state index contributed by atoms with van der Waals surface area (Å²) in [5.41, 5.74) is 0.438. The number of aryl methyl sites for hydroxylation is 1. The third kappa shape index (κ3) is 1.43. The summed E-state index contributed by atoms with van der Waals surface area (Å²) in [4.78, 5) is 0. The predicted octanol–water partition coefficient (Wildman–Crippen LogP) is 2.38. The van der Waals surface area contributed by atoms with Crippen molar-refractivity contribution < 1.29 is 4.39 Å². The van der Waals surface area contributed by atoms with Crippen molar-refractivity contribution in [2.24, 2.45) is 7.05 Å². The molecule has 0 N–H and O–H groups in total. The lowest BCUT2D eigenvalue weighted by molar-refractivity contribution is 0.628. The molecule has 0 fully saturated rings. The minimum atomic E-state index is -0.310. The van der Waals surface area contributed by atoms with Gasteiger partial charge >= 0.3 is 0 Å². The maximum Gasteiger partial charge on any atom is 0.167 e. The van der Waals surface area contributed by atoms with E-state index < -0.39 is 0 Å². The van der Waals surface area contributed by atoms with Gasteiger partial charge in [-0.05, 0) is 28.1 Å². The molecule has 3 nitrogen and oxygen atoms in total. The fourth-order valence-electron chi connectivity index (χ4n) is 1.22. The molecule has 0 atom stereocenters. The minimum Gasteiger partial charge on any atom is -0.317 e. The molecule has 1 aromatic heterocycles. The second-order valence-corrected chi connectivity index (χ2v) is 3.72. The van der Waals surface area contributed by atoms with E-state index in [1.54, 1.807) is 23.7 Å². The Hall–Kier alpha value is -1.23. The monoisotopic (exact) mass is 255 g/mol. The van der Waals surface area contributed by atoms with Gasteiger partial charge in [0, 0.05) is 11.5 Å². The quantitative estimate of drug-likeness (QED) is 0.784. The fraction of sp³-hybridized carbons (Fsp3) is 0.111. The molecule has 72 valence electrons. The minimum absolute atomic E-state index is 0.310. The average molecular weight is 256 g/mol. The van der Waals surface area contributed by atoms with Gasteiger partial charge in [0.15, 0.2) is 5.82 Å². The summed E-state index contributed by atoms with van der Waals surface area (Å²) in [5, 5.41) is 7.56. The van der Waals surface area contributed by atoms with Gasteiger partial charge in [0.2, 0.25) is 0 Å². The second kappa shape index (κ2) is 3.49. The van der Waals surface area contributed by atoms with Gasteiger partial charge < -0.3 is 4.57 Å². The number of rotatable bonds is 1. The number of hydrogen-bond donors (Lipinski definition) is 0. The molecule has 0 unspecified atom stereocenters. The van der Waals surface area contributed by atoms with Crippen LogP contribution >= 0.6 is 15.9 Å². The Bertz CT molecular complexity index is 447. The SMILES string of the molecule is Cn1cnnc1-c1c(F)cccc1Br. The number of nitrogens with zero attached hydrogens (tertiary/aromatic N) is 3. The van der Waals surface area contributed by atoms with Crippen molar-refractivity contribution in [2.75, 3.05) is 0 Å². The van der Waals surface area contributed by atoms with Gasteiger partial charge in [-0.3, -0.25) is 0 Å². The molecule has 0 aliphatic rings. The Morgan fingerprint density at radius 1 is 1.43 bits per heavy atom. The van der Waals surface area contributed by atoms with Crippen LogP contribution in [0.5, 0.6) is 0 Å². The van der Waals surface area contributed by atoms with Crippen LogP contribution in [0.3, 0.4) is 0 Å². The molecule has 0 bridgehead atoms. The third-order valence-corrected chi connectivity index (χ3v) is 2.56. The van der Waals surface area contributed by atoms with E-state index in [4.69, 9.17) is 0 Å². The van der Waals surface area contributed by atoms with Crippen molar-refractivity contribution >= 4 is 15.9 Å². The van der Waals surface area contributed by atoms with Crippen molar-refractivity contribution in [3.05, 3.63) is 34.8 Å². The number of hydrogen-bond acceptors (Lipinski definition) is 2. The van der Waals surface area contributed by atoms with Crippen LogP contribution in [0.2, 0.25) is 0 Å². The highest BCUT2D eigenvalue weighted by molar-refractivity contribution is 9.10. The largest absolute Gasteiger partial charge is 0.317 e. The Balaban J connectivity index is 2.68. The summed E-state index contributed by atoms with van der Waals surface area (Å²) in [5.74, 6) is 0.199. The lowest BCUT2D eigenvalue weighted by Gasteiger charge is -2.04. The molecule has 2 rings (SSSR count). The molecule has 14 heavy (non-hydrogen) atoms. The third-order valence-electron chi connectivity index (χ3n) is 1.90. The lowest BCUT2D eigenvalue weighted by Crippen LogP contribution is -1.94. The van der Waals surface area contributed by atoms with Crippen molar-refractivity contribution in [2.45, 2.75) is 0 Å². The smallest absolute Gasteiger partial charge is 0.167 e. The van der Waals surface area contributed by atoms with Crippen LogP contribution < -0.4 is 0 Å². The molecule has 0 radical (unpaired) electrons. The second-order valence-electron chi connectivity index (χ2n) is 2.86. The maximum atomic E-state index is 13.5. The summed E-state index contributed by atoms with van der Waals surface area (Å²) in [6, 6.07) is 4.81. The Morgan fingerprint density at radius 2 is 2.21 bits per heavy atom. The van der Waals surface area contributed by atoms with E-state index in [2.05, 4.69) is 26.1 Å². The van der Waals surface area contributed by atoms with Crippen LogP contribution in [-0.4, -0.2) is 14.8 Å². The van der Waals surface area contributed by atoms with Crippen LogP contribution in [0.25, 0.3) is 11.4 Å². The standard InChI is InChI=1S/C9H7BrFN3/c1-14-5-12-13-9(14)8-6(10)3-2-4-7(8)11/h2-5H,1H3. The zero-order chi connectivity index (χ0) is 10.1. The molecule has 5 heteroatoms. The predicted molar refractivity (Wildman–Crippen MR) is 54.1 cm³/mol. The number of benzene rings is 1. The van der Waals surface area contributed by atoms with Crippen molar-refractivity contribution in [3.8, 4) is 11.4 Å². The molecule has 0 aliphatic heterocycles. The zero-order valence-corrected chi connectivity index (χ0v) is 8.99. The van der Waals surface area contributed by atoms with Gasteiger partial charge in [-0.2, -0.15) is 0 Å². The molecule has 0 spiro atoms. The van der Waals surface area contributed by atoms with Gasteiger partial charge in [0.1, 0.15) is 12.1 Å². The van der Waals surface area contributed by atoms with Crippen molar-refractivity contribution in [3.63, 3.8) is 0 Å². The van der Waals surface area contributed by atoms with Crippen LogP contribution in [0.4, 0.5) is 4.39 Å². The normalized spacial score (nSPS) is 10.5. The highest BCUT2D eigenvalue weighted by atomic mass is 79.9. The first-order chi connectivity index (χ1) is 6.70. The lowest BCUT2D eigenvalue weighted by atomic mass is 10.2. The zero-order valence-electron chi connectivity index (χ0n) is 7.41. The van der Waals surface area contributed by atoms with E-state index in [1.165, 1.54) is 12.4 Å². The Labute approximate surface area is 88.7 Å². The van der Waals surface area contributed by atoms with Crippen LogP contribution in [0, 0.1) is 5.82 Å². The fourth-order valence-corrected chi connectivity index (χ4v) is 1.74. The first-order valence-corrected chi connectivity index (χ1v) is 4.78. The highest BCUT2D eigenvalue weighted by Gasteiger charge is 2.13. The van der Waals surface area contributed by atoms with Crippen molar-refractivity contribution in [1.82, 2.24) is 14.8 Å². The molecule has 1 heterocycles. The summed E-state index contributed by atoms with van der Waals surface area (Å²) in [6.45, 7) is 0. The van der Waals surface area contributed by atoms with Crippen LogP contribution in [0.15, 0.2) is 29.0 Å². The van der Waals surface area contributed by atoms with E-state index in [1.807, 2.05) is 0 Å². The van der Waals surface area contributed by atoms with Gasteiger partial charge in [-0.15, -0.1) is 10.2 Å². The van der Waals surface area contributed by atoms with E-state index in [0.717, 1.165) is 0 Å². The van der Waals surface area contributed by atoms with Gasteiger partial charge in [0.05, 0.1) is 5.56 Å². The van der Waals surface area contributed by atoms with Gasteiger partial charge in [0.25, 0.3) is 0 Å². The summed E-state index contributed by atoms with van der Waals surface area (Å²) >= 11 is 3.28. The van der Waals surface area contributed by atoms with E-state index in [-0.39, 0.29) is 5.82 Å². The summed E-state index contributed by atoms with van der Waals surface area (Å²) in [7, 11) is 1.77. The molecule has 0 saturated carbocycles. The van der Waals surface area contributed by atoms with E-state index in [0.29, 0.717) is 15.9 Å². The molecule has 0 saturated heterocycles. The average Bonchev–Trinajstić information content (AvgIpc) is 2.52. The molecule has 2 aromatic rings.